The number of carbonyl (C=O) groups excluding carboxylic acids is 7. The van der Waals surface area contributed by atoms with Crippen molar-refractivity contribution >= 4 is 133 Å². The van der Waals surface area contributed by atoms with E-state index in [9.17, 15) is 29.7 Å². The molecule has 0 aliphatic carbocycles. The molecule has 20 heteroatoms. The summed E-state index contributed by atoms with van der Waals surface area (Å²) in [5, 5.41) is 33.1. The third-order valence-corrected chi connectivity index (χ3v) is 21.3. The van der Waals surface area contributed by atoms with Gasteiger partial charge < -0.3 is 81.4 Å². The Bertz CT molecular complexity index is 4940. The van der Waals surface area contributed by atoms with Crippen molar-refractivity contribution in [1.82, 2.24) is 0 Å². The SMILES string of the molecule is C.CC(C)(O)c1ccccc1N(c1ccccc1)c1c(C(C)(C)O)cccc1C(C)(C)O.CC1(C)c2cccc3c2N2c4c1cccc4C(C)(C)c1cccc(c12)C3(C)C.COC(=O)c1ccccc1N.COC(=O)c1ccccc1N(c1ccccc1C)c1ccccc1C(=O)OC.Cc1ccccc1I.O=C=O.O=C=O.[CH3-].[I-].[Mg+2]. The van der Waals surface area contributed by atoms with Gasteiger partial charge in [0.05, 0.1) is 94.6 Å². The molecule has 11 aromatic rings. The van der Waals surface area contributed by atoms with Gasteiger partial charge in [-0.05, 0) is 189 Å². The van der Waals surface area contributed by atoms with E-state index in [1.165, 1.54) is 80.9 Å². The van der Waals surface area contributed by atoms with Gasteiger partial charge in [-0.3, -0.25) is 0 Å². The summed E-state index contributed by atoms with van der Waals surface area (Å²) < 4.78 is 15.8. The van der Waals surface area contributed by atoms with E-state index in [4.69, 9.17) is 34.4 Å². The van der Waals surface area contributed by atoms with Crippen molar-refractivity contribution in [3.05, 3.63) is 338 Å². The van der Waals surface area contributed by atoms with Crippen LogP contribution in [0.5, 0.6) is 0 Å². The Morgan fingerprint density at radius 2 is 0.681 bits per heavy atom. The second kappa shape index (κ2) is 41.6. The number of carbonyl (C=O) groups is 3. The number of nitrogens with zero attached hydrogens (tertiary/aromatic N) is 3. The number of halogens is 2. The zero-order chi connectivity index (χ0) is 82.4. The van der Waals surface area contributed by atoms with Gasteiger partial charge in [0, 0.05) is 53.6 Å². The number of hydrogen-bond donors (Lipinski definition) is 4. The molecule has 0 amide bonds. The van der Waals surface area contributed by atoms with E-state index < -0.39 is 34.7 Å². The summed E-state index contributed by atoms with van der Waals surface area (Å²) in [6.45, 7) is 28.9. The third kappa shape index (κ3) is 21.2. The largest absolute Gasteiger partial charge is 2.00 e. The molecule has 0 bridgehead atoms. The molecule has 3 heterocycles. The molecule has 0 spiro atoms. The predicted molar refractivity (Wildman–Crippen MR) is 468 cm³/mol. The van der Waals surface area contributed by atoms with Crippen LogP contribution >= 0.6 is 22.6 Å². The van der Waals surface area contributed by atoms with Crippen LogP contribution in [0.1, 0.15) is 183 Å². The fourth-order valence-electron chi connectivity index (χ4n) is 14.5. The smallest absolute Gasteiger partial charge is 1.00 e. The van der Waals surface area contributed by atoms with Crippen LogP contribution in [0.15, 0.2) is 249 Å². The topological polar surface area (TPSA) is 244 Å². The summed E-state index contributed by atoms with van der Waals surface area (Å²) in [4.78, 5) is 74.8. The molecule has 116 heavy (non-hydrogen) atoms. The molecule has 0 fully saturated rings. The Hall–Kier alpha value is -10.1. The van der Waals surface area contributed by atoms with Gasteiger partial charge in [0.2, 0.25) is 0 Å². The number of rotatable bonds is 12. The average molecular weight is 1800 g/mol. The van der Waals surface area contributed by atoms with Crippen molar-refractivity contribution in [2.75, 3.05) is 41.8 Å². The van der Waals surface area contributed by atoms with E-state index in [2.05, 4.69) is 160 Å². The number of aliphatic hydroxyl groups is 3. The molecular formula is C96H104I2MgN4O13. The van der Waals surface area contributed by atoms with Gasteiger partial charge in [0.15, 0.2) is 0 Å². The van der Waals surface area contributed by atoms with Crippen molar-refractivity contribution in [2.45, 2.75) is 137 Å². The van der Waals surface area contributed by atoms with Gasteiger partial charge in [-0.2, -0.15) is 19.2 Å². The number of anilines is 10. The predicted octanol–water partition coefficient (Wildman–Crippen LogP) is 18.1. The van der Waals surface area contributed by atoms with Crippen LogP contribution < -0.4 is 44.4 Å². The number of ether oxygens (including phenoxy) is 3. The quantitative estimate of drug-likeness (QED) is 0.0222. The summed E-state index contributed by atoms with van der Waals surface area (Å²) in [6.07, 6.45) is 0.500. The van der Waals surface area contributed by atoms with Crippen molar-refractivity contribution < 1.29 is 87.1 Å². The maximum Gasteiger partial charge on any atom is 2.00 e. The van der Waals surface area contributed by atoms with Gasteiger partial charge in [-0.15, -0.1) is 0 Å². The van der Waals surface area contributed by atoms with Crippen LogP contribution in [0.2, 0.25) is 0 Å². The minimum atomic E-state index is -1.16. The molecule has 0 aromatic heterocycles. The standard InChI is InChI=1S/C27H33NO3.C27H27N.C23H21NO4.C8H9NO2.C7H7I.2CO2.CH4.CH3.HI.Mg/c1-25(2,29)20-15-10-11-18-23(20)28(19-13-8-7-9-14-19)24-21(26(3,4)30)16-12-17-22(24)27(5,6)31;1-25(2)16-10-7-12-18-22(16)28-23-17(25)11-8-13-19(23)27(5,6)21-15-9-14-20(24(21)28)26(18,3)4;1-16-10-4-7-13-19(16)24(20-14-8-5-11-17(20)22(25)27-2)21-15-9-6-12-18(21)23(26)28-3;1-11-8(10)6-4-2-3-5-7(6)9;1-6-4-2-3-5-7(6)8;2*2-1-3;;;;/h7-18,29-31H,1-6H3;7-15H,1-6H3;4-15H,1-3H3;2-5H,9H2,1H3;2-5H,1H3;;;1H4;1H3;1H;/q;;;;;;;;-1;;+2/p-1. The Kier molecular flexibility index (Phi) is 35.3. The van der Waals surface area contributed by atoms with Gasteiger partial charge in [-0.1, -0.05) is 231 Å². The van der Waals surface area contributed by atoms with E-state index in [0.29, 0.717) is 50.6 Å². The fourth-order valence-corrected chi connectivity index (χ4v) is 14.9. The molecule has 0 radical (unpaired) electrons. The van der Waals surface area contributed by atoms with E-state index in [0.717, 1.165) is 28.2 Å². The van der Waals surface area contributed by atoms with Crippen LogP contribution in [-0.4, -0.2) is 89.9 Å². The Morgan fingerprint density at radius 3 is 1.02 bits per heavy atom. The molecule has 5 N–H and O–H groups in total. The average Bonchev–Trinajstić information content (AvgIpc) is 0.667. The van der Waals surface area contributed by atoms with Gasteiger partial charge in [0.1, 0.15) is 0 Å². The molecule has 17 nitrogen and oxygen atoms in total. The minimum Gasteiger partial charge on any atom is -1.00 e. The zero-order valence-corrected chi connectivity index (χ0v) is 74.2. The summed E-state index contributed by atoms with van der Waals surface area (Å²) >= 11 is 2.32. The second-order valence-electron chi connectivity index (χ2n) is 30.0. The first-order valence-corrected chi connectivity index (χ1v) is 37.4. The summed E-state index contributed by atoms with van der Waals surface area (Å²) in [5.74, 6) is -1.31. The number of nitrogens with two attached hydrogens (primary N) is 1. The third-order valence-electron chi connectivity index (χ3n) is 20.1. The summed E-state index contributed by atoms with van der Waals surface area (Å²) in [7, 11) is 4.02. The van der Waals surface area contributed by atoms with Crippen LogP contribution in [0.3, 0.4) is 0 Å². The zero-order valence-electron chi connectivity index (χ0n) is 68.5. The molecule has 3 aliphatic heterocycles. The Morgan fingerprint density at radius 1 is 0.397 bits per heavy atom. The van der Waals surface area contributed by atoms with Crippen LogP contribution in [0.25, 0.3) is 0 Å². The summed E-state index contributed by atoms with van der Waals surface area (Å²) in [6, 6.07) is 81.1. The Balaban J connectivity index is 0.000000314. The molecule has 14 rings (SSSR count). The molecule has 3 aliphatic rings. The summed E-state index contributed by atoms with van der Waals surface area (Å²) in [5.41, 5.74) is 25.5. The number of nitrogen functional groups attached to an aromatic ring is 1. The van der Waals surface area contributed by atoms with Gasteiger partial charge in [-0.25, -0.2) is 14.4 Å². The van der Waals surface area contributed by atoms with E-state index in [1.54, 1.807) is 90.1 Å². The van der Waals surface area contributed by atoms with Crippen molar-refractivity contribution in [3.63, 3.8) is 0 Å². The molecule has 11 aromatic carbocycles. The molecule has 0 saturated carbocycles. The van der Waals surface area contributed by atoms with E-state index in [-0.39, 0.29) is 90.4 Å². The molecular weight excluding hydrogens is 1700 g/mol. The number of hydrogen-bond acceptors (Lipinski definition) is 17. The van der Waals surface area contributed by atoms with E-state index in [1.807, 2.05) is 138 Å². The van der Waals surface area contributed by atoms with Crippen molar-refractivity contribution in [3.8, 4) is 0 Å². The normalized spacial score (nSPS) is 12.5. The van der Waals surface area contributed by atoms with E-state index >= 15 is 0 Å². The maximum atomic E-state index is 12.4. The number of aryl methyl sites for hydroxylation is 2. The van der Waals surface area contributed by atoms with Gasteiger partial charge >= 0.3 is 53.3 Å². The molecule has 0 atom stereocenters. The maximum absolute atomic E-state index is 12.4. The fraction of sp³-hybridized carbons (Fsp3) is 0.250. The minimum absolute atomic E-state index is 0. The first-order chi connectivity index (χ1) is 53.0. The Labute approximate surface area is 730 Å². The van der Waals surface area contributed by atoms with Gasteiger partial charge in [0.25, 0.3) is 0 Å². The molecule has 0 saturated heterocycles. The van der Waals surface area contributed by atoms with Crippen LogP contribution in [0.4, 0.5) is 56.9 Å². The first-order valence-electron chi connectivity index (χ1n) is 36.3. The van der Waals surface area contributed by atoms with Crippen molar-refractivity contribution in [2.24, 2.45) is 0 Å². The van der Waals surface area contributed by atoms with Crippen LogP contribution in [0, 0.1) is 24.8 Å². The van der Waals surface area contributed by atoms with Crippen molar-refractivity contribution in [1.29, 1.82) is 0 Å². The molecule has 602 valence electrons. The monoisotopic (exact) mass is 1800 g/mol. The number of esters is 3. The molecule has 0 unspecified atom stereocenters. The number of para-hydroxylation sites is 10. The first kappa shape index (κ1) is 98.3. The second-order valence-corrected chi connectivity index (χ2v) is 31.2. The number of methoxy groups -OCH3 is 3. The van der Waals surface area contributed by atoms with Crippen LogP contribution in [-0.2, 0) is 66.4 Å². The number of benzene rings is 11.